The van der Waals surface area contributed by atoms with Gasteiger partial charge in [-0.05, 0) is 18.6 Å². The molecule has 0 aliphatic carbocycles. The van der Waals surface area contributed by atoms with Crippen molar-refractivity contribution < 1.29 is 9.53 Å². The van der Waals surface area contributed by atoms with Crippen LogP contribution >= 0.6 is 24.2 Å². The number of carbonyl (C=O) groups is 1. The number of methoxy groups -OCH3 is 1. The number of halogens is 1. The van der Waals surface area contributed by atoms with Crippen molar-refractivity contribution in [2.24, 2.45) is 5.73 Å². The van der Waals surface area contributed by atoms with Crippen molar-refractivity contribution in [2.75, 3.05) is 32.6 Å². The Bertz CT molecular complexity index is 244. The molecule has 2 atom stereocenters. The molecule has 0 aromatic rings. The molecule has 0 saturated carbocycles. The van der Waals surface area contributed by atoms with Crippen LogP contribution in [0.5, 0.6) is 0 Å². The van der Waals surface area contributed by atoms with E-state index < -0.39 is 6.04 Å². The van der Waals surface area contributed by atoms with E-state index in [4.69, 9.17) is 10.5 Å². The lowest BCUT2D eigenvalue weighted by atomic mass is 10.2. The summed E-state index contributed by atoms with van der Waals surface area (Å²) in [6, 6.07) is -0.509. The van der Waals surface area contributed by atoms with Gasteiger partial charge in [0.1, 0.15) is 6.04 Å². The van der Waals surface area contributed by atoms with E-state index in [1.54, 1.807) is 7.11 Å². The number of hydrogen-bond acceptors (Lipinski definition) is 4. The molecule has 1 amide bonds. The van der Waals surface area contributed by atoms with E-state index in [0.29, 0.717) is 11.9 Å². The summed E-state index contributed by atoms with van der Waals surface area (Å²) < 4.78 is 4.94. The smallest absolute Gasteiger partial charge is 0.241 e. The monoisotopic (exact) mass is 296 g/mol. The van der Waals surface area contributed by atoms with Crippen LogP contribution in [-0.2, 0) is 9.53 Å². The number of likely N-dealkylation sites (tertiary alicyclic amines) is 1. The fraction of sp³-hybridized carbons (Fsp3) is 0.917. The lowest BCUT2D eigenvalue weighted by Crippen LogP contribution is -2.47. The van der Waals surface area contributed by atoms with Gasteiger partial charge in [-0.1, -0.05) is 13.3 Å². The second-order valence-electron chi connectivity index (χ2n) is 4.42. The topological polar surface area (TPSA) is 55.6 Å². The Labute approximate surface area is 120 Å². The number of rotatable bonds is 5. The predicted molar refractivity (Wildman–Crippen MR) is 79.5 cm³/mol. The second kappa shape index (κ2) is 9.89. The molecule has 1 heterocycles. The van der Waals surface area contributed by atoms with Crippen molar-refractivity contribution in [3.05, 3.63) is 0 Å². The molecule has 6 heteroatoms. The number of thioether (sulfide) groups is 1. The van der Waals surface area contributed by atoms with Crippen molar-refractivity contribution in [1.82, 2.24) is 4.90 Å². The molecule has 18 heavy (non-hydrogen) atoms. The molecule has 1 aliphatic rings. The van der Waals surface area contributed by atoms with Crippen LogP contribution in [0.4, 0.5) is 0 Å². The average molecular weight is 297 g/mol. The van der Waals surface area contributed by atoms with E-state index >= 15 is 0 Å². The van der Waals surface area contributed by atoms with E-state index in [2.05, 4.69) is 6.92 Å². The lowest BCUT2D eigenvalue weighted by Gasteiger charge is -2.26. The number of carbonyl (C=O) groups excluding carboxylic acids is 1. The Morgan fingerprint density at radius 2 is 2.28 bits per heavy atom. The second-order valence-corrected chi connectivity index (χ2v) is 6.00. The van der Waals surface area contributed by atoms with Gasteiger partial charge in [0.25, 0.3) is 0 Å². The molecular weight excluding hydrogens is 272 g/mol. The third-order valence-electron chi connectivity index (χ3n) is 3.01. The molecule has 1 aliphatic heterocycles. The van der Waals surface area contributed by atoms with Gasteiger partial charge in [0.05, 0.1) is 6.61 Å². The highest BCUT2D eigenvalue weighted by molar-refractivity contribution is 7.99. The summed E-state index contributed by atoms with van der Waals surface area (Å²) in [6.07, 6.45) is 3.51. The Morgan fingerprint density at radius 3 is 2.89 bits per heavy atom. The Morgan fingerprint density at radius 1 is 1.56 bits per heavy atom. The van der Waals surface area contributed by atoms with Gasteiger partial charge in [-0.15, -0.1) is 12.4 Å². The van der Waals surface area contributed by atoms with Crippen LogP contribution in [0, 0.1) is 0 Å². The molecule has 0 aromatic heterocycles. The first-order valence-electron chi connectivity index (χ1n) is 6.34. The van der Waals surface area contributed by atoms with Gasteiger partial charge in [-0.3, -0.25) is 4.79 Å². The summed E-state index contributed by atoms with van der Waals surface area (Å²) in [6.45, 7) is 4.16. The zero-order valence-corrected chi connectivity index (χ0v) is 12.9. The maximum absolute atomic E-state index is 12.1. The van der Waals surface area contributed by atoms with E-state index in [0.717, 1.165) is 25.3 Å². The van der Waals surface area contributed by atoms with Crippen LogP contribution < -0.4 is 5.73 Å². The maximum Gasteiger partial charge on any atom is 0.241 e. The third-order valence-corrected chi connectivity index (χ3v) is 4.20. The first-order chi connectivity index (χ1) is 8.19. The highest BCUT2D eigenvalue weighted by Gasteiger charge is 2.25. The summed E-state index contributed by atoms with van der Waals surface area (Å²) in [5.74, 6) is 1.15. The molecule has 1 fully saturated rings. The van der Waals surface area contributed by atoms with Gasteiger partial charge in [-0.2, -0.15) is 11.8 Å². The fourth-order valence-corrected chi connectivity index (χ4v) is 3.25. The van der Waals surface area contributed by atoms with Crippen molar-refractivity contribution >= 4 is 30.1 Å². The zero-order valence-electron chi connectivity index (χ0n) is 11.3. The van der Waals surface area contributed by atoms with E-state index in [9.17, 15) is 4.79 Å². The molecule has 0 bridgehead atoms. The predicted octanol–water partition coefficient (Wildman–Crippen LogP) is 1.52. The summed E-state index contributed by atoms with van der Waals surface area (Å²) in [5, 5.41) is 0.571. The normalized spacial score (nSPS) is 21.9. The average Bonchev–Trinajstić information content (AvgIpc) is 2.54. The lowest BCUT2D eigenvalue weighted by molar-refractivity contribution is -0.133. The van der Waals surface area contributed by atoms with E-state index in [1.807, 2.05) is 16.7 Å². The SMILES string of the molecule is CCSC1CCCCN(C(=O)C(N)COC)C1.Cl. The molecular formula is C12H25ClN2O2S. The summed E-state index contributed by atoms with van der Waals surface area (Å²) in [7, 11) is 1.57. The van der Waals surface area contributed by atoms with Crippen LogP contribution in [0.15, 0.2) is 0 Å². The van der Waals surface area contributed by atoms with Gasteiger partial charge in [-0.25, -0.2) is 0 Å². The van der Waals surface area contributed by atoms with Crippen LogP contribution in [-0.4, -0.2) is 54.7 Å². The third kappa shape index (κ3) is 5.78. The standard InChI is InChI=1S/C12H24N2O2S.ClH/c1-3-17-10-6-4-5-7-14(8-10)12(15)11(13)9-16-2;/h10-11H,3-9,13H2,1-2H3;1H. The van der Waals surface area contributed by atoms with Crippen molar-refractivity contribution in [3.8, 4) is 0 Å². The molecule has 2 unspecified atom stereocenters. The van der Waals surface area contributed by atoms with Crippen LogP contribution in [0.3, 0.4) is 0 Å². The van der Waals surface area contributed by atoms with Crippen LogP contribution in [0.25, 0.3) is 0 Å². The summed E-state index contributed by atoms with van der Waals surface area (Å²) >= 11 is 1.95. The molecule has 1 saturated heterocycles. The van der Waals surface area contributed by atoms with Gasteiger partial charge in [0.2, 0.25) is 5.91 Å². The Balaban J connectivity index is 0.00000289. The van der Waals surface area contributed by atoms with Crippen LogP contribution in [0.2, 0.25) is 0 Å². The summed E-state index contributed by atoms with van der Waals surface area (Å²) in [5.41, 5.74) is 5.81. The number of nitrogens with two attached hydrogens (primary N) is 1. The number of amides is 1. The Kier molecular flexibility index (Phi) is 9.91. The van der Waals surface area contributed by atoms with Gasteiger partial charge in [0.15, 0.2) is 0 Å². The molecule has 108 valence electrons. The number of hydrogen-bond donors (Lipinski definition) is 1. The van der Waals surface area contributed by atoms with Crippen molar-refractivity contribution in [1.29, 1.82) is 0 Å². The quantitative estimate of drug-likeness (QED) is 0.836. The first-order valence-corrected chi connectivity index (χ1v) is 7.38. The van der Waals surface area contributed by atoms with E-state index in [1.165, 1.54) is 12.8 Å². The Hall–Kier alpha value is 0.0300. The van der Waals surface area contributed by atoms with Gasteiger partial charge >= 0.3 is 0 Å². The minimum atomic E-state index is -0.509. The van der Waals surface area contributed by atoms with Crippen LogP contribution in [0.1, 0.15) is 26.2 Å². The molecule has 0 aromatic carbocycles. The van der Waals surface area contributed by atoms with Gasteiger partial charge < -0.3 is 15.4 Å². The maximum atomic E-state index is 12.1. The number of ether oxygens (including phenoxy) is 1. The van der Waals surface area contributed by atoms with E-state index in [-0.39, 0.29) is 18.3 Å². The molecule has 2 N–H and O–H groups in total. The van der Waals surface area contributed by atoms with Crippen molar-refractivity contribution in [3.63, 3.8) is 0 Å². The molecule has 1 rings (SSSR count). The minimum absolute atomic E-state index is 0. The molecule has 0 radical (unpaired) electrons. The number of nitrogens with zero attached hydrogens (tertiary/aromatic N) is 1. The minimum Gasteiger partial charge on any atom is -0.383 e. The van der Waals surface area contributed by atoms with Crippen molar-refractivity contribution in [2.45, 2.75) is 37.5 Å². The van der Waals surface area contributed by atoms with Gasteiger partial charge in [0, 0.05) is 25.4 Å². The highest BCUT2D eigenvalue weighted by Crippen LogP contribution is 2.22. The molecule has 0 spiro atoms. The highest BCUT2D eigenvalue weighted by atomic mass is 35.5. The molecule has 4 nitrogen and oxygen atoms in total. The largest absolute Gasteiger partial charge is 0.383 e. The first kappa shape index (κ1) is 18.0. The zero-order chi connectivity index (χ0) is 12.7. The summed E-state index contributed by atoms with van der Waals surface area (Å²) in [4.78, 5) is 14.0. The fourth-order valence-electron chi connectivity index (χ4n) is 2.16.